The standard InChI is InChI=1S/C14H26N2O3.C11H14ClN/c1-10(2)15-12(17)11-7-6-8-16(9-11)13(18)19-14(3,4)5;1-8(2)13-9(3)10-4-6-11(12)7-5-10/h10-11H,6-9H2,1-5H3,(H,15,17);4-8,13H,3H2,1-2H3. The van der Waals surface area contributed by atoms with Crippen LogP contribution >= 0.6 is 11.6 Å². The van der Waals surface area contributed by atoms with Crippen molar-refractivity contribution in [3.63, 3.8) is 0 Å². The Morgan fingerprint density at radius 1 is 1.09 bits per heavy atom. The van der Waals surface area contributed by atoms with Gasteiger partial charge in [0, 0.05) is 35.9 Å². The second-order valence-corrected chi connectivity index (χ2v) is 10.1. The van der Waals surface area contributed by atoms with E-state index in [1.54, 1.807) is 4.90 Å². The van der Waals surface area contributed by atoms with Gasteiger partial charge in [0.05, 0.1) is 5.92 Å². The zero-order valence-corrected chi connectivity index (χ0v) is 21.4. The Kier molecular flexibility index (Phi) is 11.1. The molecule has 1 unspecified atom stereocenters. The number of benzene rings is 1. The number of nitrogens with zero attached hydrogens (tertiary/aromatic N) is 1. The number of halogens is 1. The lowest BCUT2D eigenvalue weighted by atomic mass is 9.97. The molecular formula is C25H40ClN3O3. The van der Waals surface area contributed by atoms with Crippen molar-refractivity contribution in [1.82, 2.24) is 15.5 Å². The zero-order valence-electron chi connectivity index (χ0n) is 20.6. The van der Waals surface area contributed by atoms with Crippen molar-refractivity contribution < 1.29 is 14.3 Å². The molecule has 0 bridgehead atoms. The number of hydrogen-bond donors (Lipinski definition) is 2. The molecule has 1 aromatic carbocycles. The van der Waals surface area contributed by atoms with E-state index in [-0.39, 0.29) is 24.0 Å². The third-order valence-electron chi connectivity index (χ3n) is 4.53. The molecule has 0 aliphatic carbocycles. The maximum atomic E-state index is 12.0. The summed E-state index contributed by atoms with van der Waals surface area (Å²) in [5.74, 6) is -0.0908. The summed E-state index contributed by atoms with van der Waals surface area (Å²) < 4.78 is 5.34. The van der Waals surface area contributed by atoms with Gasteiger partial charge in [-0.3, -0.25) is 4.79 Å². The highest BCUT2D eigenvalue weighted by molar-refractivity contribution is 6.30. The van der Waals surface area contributed by atoms with E-state index < -0.39 is 5.60 Å². The van der Waals surface area contributed by atoms with Crippen LogP contribution in [0.4, 0.5) is 4.79 Å². The molecule has 6 nitrogen and oxygen atoms in total. The van der Waals surface area contributed by atoms with Gasteiger partial charge in [0.1, 0.15) is 5.60 Å². The number of carbonyl (C=O) groups excluding carboxylic acids is 2. The molecule has 180 valence electrons. The molecule has 7 heteroatoms. The van der Waals surface area contributed by atoms with E-state index in [9.17, 15) is 9.59 Å². The largest absolute Gasteiger partial charge is 0.444 e. The molecule has 1 atom stereocenters. The molecular weight excluding hydrogens is 426 g/mol. The maximum Gasteiger partial charge on any atom is 0.410 e. The number of likely N-dealkylation sites (tertiary alicyclic amines) is 1. The molecule has 1 saturated heterocycles. The van der Waals surface area contributed by atoms with Gasteiger partial charge in [0.15, 0.2) is 0 Å². The molecule has 2 rings (SSSR count). The van der Waals surface area contributed by atoms with E-state index in [4.69, 9.17) is 16.3 Å². The van der Waals surface area contributed by atoms with E-state index in [1.165, 1.54) is 0 Å². The number of ether oxygens (including phenoxy) is 1. The molecule has 0 radical (unpaired) electrons. The summed E-state index contributed by atoms with van der Waals surface area (Å²) in [5.41, 5.74) is 1.52. The summed E-state index contributed by atoms with van der Waals surface area (Å²) in [7, 11) is 0. The summed E-state index contributed by atoms with van der Waals surface area (Å²) in [5, 5.41) is 6.89. The molecule has 1 aliphatic heterocycles. The molecule has 0 aromatic heterocycles. The first kappa shape index (κ1) is 27.8. The van der Waals surface area contributed by atoms with Crippen LogP contribution in [0.2, 0.25) is 5.02 Å². The first-order valence-electron chi connectivity index (χ1n) is 11.3. The average molecular weight is 466 g/mol. The summed E-state index contributed by atoms with van der Waals surface area (Å²) in [4.78, 5) is 25.6. The van der Waals surface area contributed by atoms with Crippen molar-refractivity contribution >= 4 is 29.3 Å². The van der Waals surface area contributed by atoms with E-state index in [2.05, 4.69) is 31.1 Å². The third-order valence-corrected chi connectivity index (χ3v) is 4.78. The molecule has 32 heavy (non-hydrogen) atoms. The van der Waals surface area contributed by atoms with Crippen LogP contribution in [0.15, 0.2) is 30.8 Å². The number of hydrogen-bond acceptors (Lipinski definition) is 4. The van der Waals surface area contributed by atoms with Crippen LogP contribution in [0.25, 0.3) is 5.70 Å². The summed E-state index contributed by atoms with van der Waals surface area (Å²) in [6.07, 6.45) is 1.35. The number of nitrogens with one attached hydrogen (secondary N) is 2. The quantitative estimate of drug-likeness (QED) is 0.605. The molecule has 0 saturated carbocycles. The molecule has 1 fully saturated rings. The van der Waals surface area contributed by atoms with Gasteiger partial charge in [-0.1, -0.05) is 30.3 Å². The fourth-order valence-corrected chi connectivity index (χ4v) is 3.29. The van der Waals surface area contributed by atoms with E-state index in [0.717, 1.165) is 29.1 Å². The number of carbonyl (C=O) groups is 2. The number of rotatable bonds is 5. The minimum atomic E-state index is -0.496. The zero-order chi connectivity index (χ0) is 24.5. The van der Waals surface area contributed by atoms with E-state index in [1.807, 2.05) is 58.9 Å². The van der Waals surface area contributed by atoms with E-state index in [0.29, 0.717) is 19.1 Å². The van der Waals surface area contributed by atoms with Crippen LogP contribution in [0.5, 0.6) is 0 Å². The first-order valence-corrected chi connectivity index (χ1v) is 11.7. The predicted molar refractivity (Wildman–Crippen MR) is 133 cm³/mol. The summed E-state index contributed by atoms with van der Waals surface area (Å²) in [6.45, 7) is 18.6. The lowest BCUT2D eigenvalue weighted by Gasteiger charge is -2.33. The molecule has 1 aromatic rings. The van der Waals surface area contributed by atoms with Gasteiger partial charge in [-0.15, -0.1) is 0 Å². The van der Waals surface area contributed by atoms with Gasteiger partial charge in [0.25, 0.3) is 0 Å². The smallest absolute Gasteiger partial charge is 0.410 e. The van der Waals surface area contributed by atoms with Gasteiger partial charge in [-0.2, -0.15) is 0 Å². The van der Waals surface area contributed by atoms with Crippen LogP contribution in [0.1, 0.15) is 66.9 Å². The SMILES string of the molecule is C=C(NC(C)C)c1ccc(Cl)cc1.CC(C)NC(=O)C1CCCN(C(=O)OC(C)(C)C)C1. The maximum absolute atomic E-state index is 12.0. The first-order chi connectivity index (χ1) is 14.8. The van der Waals surface area contributed by atoms with Crippen LogP contribution in [-0.4, -0.2) is 47.7 Å². The highest BCUT2D eigenvalue weighted by Gasteiger charge is 2.31. The van der Waals surface area contributed by atoms with Crippen molar-refractivity contribution in [3.05, 3.63) is 41.4 Å². The van der Waals surface area contributed by atoms with Crippen LogP contribution < -0.4 is 10.6 Å². The Hall–Kier alpha value is -2.21. The monoisotopic (exact) mass is 465 g/mol. The minimum absolute atomic E-state index is 0.0308. The molecule has 1 heterocycles. The van der Waals surface area contributed by atoms with Gasteiger partial charge in [-0.25, -0.2) is 4.79 Å². The molecule has 2 amide bonds. The number of piperidine rings is 1. The Balaban J connectivity index is 0.000000343. The normalized spacial score (nSPS) is 16.2. The van der Waals surface area contributed by atoms with Gasteiger partial charge in [0.2, 0.25) is 5.91 Å². The van der Waals surface area contributed by atoms with Gasteiger partial charge in [-0.05, 0) is 79.0 Å². The van der Waals surface area contributed by atoms with Crippen molar-refractivity contribution in [3.8, 4) is 0 Å². The van der Waals surface area contributed by atoms with E-state index >= 15 is 0 Å². The van der Waals surface area contributed by atoms with Crippen molar-refractivity contribution in [2.75, 3.05) is 13.1 Å². The van der Waals surface area contributed by atoms with Crippen molar-refractivity contribution in [1.29, 1.82) is 0 Å². The molecule has 0 spiro atoms. The Morgan fingerprint density at radius 2 is 1.66 bits per heavy atom. The topological polar surface area (TPSA) is 70.7 Å². The Bertz CT molecular complexity index is 755. The molecule has 1 aliphatic rings. The van der Waals surface area contributed by atoms with Crippen LogP contribution in [0, 0.1) is 5.92 Å². The van der Waals surface area contributed by atoms with Crippen molar-refractivity contribution in [2.45, 2.75) is 79.0 Å². The fraction of sp³-hybridized carbons (Fsp3) is 0.600. The summed E-state index contributed by atoms with van der Waals surface area (Å²) in [6, 6.07) is 8.18. The van der Waals surface area contributed by atoms with Crippen LogP contribution in [0.3, 0.4) is 0 Å². The summed E-state index contributed by atoms with van der Waals surface area (Å²) >= 11 is 5.77. The second kappa shape index (κ2) is 12.7. The highest BCUT2D eigenvalue weighted by Crippen LogP contribution is 2.19. The lowest BCUT2D eigenvalue weighted by Crippen LogP contribution is -2.48. The predicted octanol–water partition coefficient (Wildman–Crippen LogP) is 5.47. The average Bonchev–Trinajstić information content (AvgIpc) is 2.66. The van der Waals surface area contributed by atoms with Gasteiger partial charge >= 0.3 is 6.09 Å². The second-order valence-electron chi connectivity index (χ2n) is 9.71. The Labute approximate surface area is 198 Å². The number of amides is 2. The molecule has 2 N–H and O–H groups in total. The van der Waals surface area contributed by atoms with Gasteiger partial charge < -0.3 is 20.3 Å². The van der Waals surface area contributed by atoms with Crippen molar-refractivity contribution in [2.24, 2.45) is 5.92 Å². The highest BCUT2D eigenvalue weighted by atomic mass is 35.5. The fourth-order valence-electron chi connectivity index (χ4n) is 3.17. The Morgan fingerprint density at radius 3 is 2.16 bits per heavy atom. The minimum Gasteiger partial charge on any atom is -0.444 e. The third kappa shape index (κ3) is 10.9. The van der Waals surface area contributed by atoms with Crippen LogP contribution in [-0.2, 0) is 9.53 Å². The lowest BCUT2D eigenvalue weighted by molar-refractivity contribution is -0.127.